The van der Waals surface area contributed by atoms with E-state index in [1.807, 2.05) is 30.3 Å². The summed E-state index contributed by atoms with van der Waals surface area (Å²) in [5.74, 6) is 0.665. The van der Waals surface area contributed by atoms with Crippen LogP contribution in [0.25, 0.3) is 0 Å². The number of benzene rings is 2. The molecule has 0 unspecified atom stereocenters. The highest BCUT2D eigenvalue weighted by Crippen LogP contribution is 2.42. The van der Waals surface area contributed by atoms with E-state index in [9.17, 15) is 10.2 Å². The lowest BCUT2D eigenvalue weighted by Gasteiger charge is -2.41. The minimum atomic E-state index is -1.00. The molecule has 0 aromatic heterocycles. The molecule has 1 heterocycles. The van der Waals surface area contributed by atoms with Crippen LogP contribution in [-0.2, 0) is 10.3 Å². The maximum absolute atomic E-state index is 12.1. The zero-order valence-electron chi connectivity index (χ0n) is 17.1. The molecule has 2 aromatic rings. The van der Waals surface area contributed by atoms with Crippen molar-refractivity contribution in [2.24, 2.45) is 5.92 Å². The number of phenols is 1. The first-order valence-electron chi connectivity index (χ1n) is 10.4. The van der Waals surface area contributed by atoms with Crippen molar-refractivity contribution in [3.63, 3.8) is 0 Å². The van der Waals surface area contributed by atoms with Crippen LogP contribution in [0.2, 0.25) is 0 Å². The SMILES string of the molecule is CC(C)CC[C@](O)(c1ccc(O)cc1)[C@@H](CN1CCOCC1)c1ccccc1. The van der Waals surface area contributed by atoms with Gasteiger partial charge in [0.1, 0.15) is 5.75 Å². The predicted molar refractivity (Wildman–Crippen MR) is 113 cm³/mol. The van der Waals surface area contributed by atoms with Gasteiger partial charge >= 0.3 is 0 Å². The smallest absolute Gasteiger partial charge is 0.115 e. The van der Waals surface area contributed by atoms with Gasteiger partial charge in [0, 0.05) is 25.6 Å². The highest BCUT2D eigenvalue weighted by molar-refractivity contribution is 5.35. The van der Waals surface area contributed by atoms with Crippen LogP contribution in [0.4, 0.5) is 0 Å². The van der Waals surface area contributed by atoms with Crippen LogP contribution in [0.3, 0.4) is 0 Å². The topological polar surface area (TPSA) is 52.9 Å². The van der Waals surface area contributed by atoms with Crippen molar-refractivity contribution in [2.75, 3.05) is 32.8 Å². The van der Waals surface area contributed by atoms with E-state index in [-0.39, 0.29) is 11.7 Å². The predicted octanol–water partition coefficient (Wildman–Crippen LogP) is 4.13. The molecule has 0 aliphatic carbocycles. The van der Waals surface area contributed by atoms with Gasteiger partial charge in [0.05, 0.1) is 18.8 Å². The summed E-state index contributed by atoms with van der Waals surface area (Å²) < 4.78 is 5.52. The van der Waals surface area contributed by atoms with Crippen molar-refractivity contribution in [1.82, 2.24) is 4.90 Å². The van der Waals surface area contributed by atoms with Crippen molar-refractivity contribution in [3.8, 4) is 5.75 Å². The molecule has 1 aliphatic rings. The van der Waals surface area contributed by atoms with E-state index in [2.05, 4.69) is 30.9 Å². The molecule has 2 N–H and O–H groups in total. The molecule has 2 atom stereocenters. The van der Waals surface area contributed by atoms with Crippen molar-refractivity contribution < 1.29 is 14.9 Å². The zero-order chi connectivity index (χ0) is 20.0. The second-order valence-corrected chi connectivity index (χ2v) is 8.28. The Balaban J connectivity index is 1.99. The summed E-state index contributed by atoms with van der Waals surface area (Å²) in [6.07, 6.45) is 1.61. The Hall–Kier alpha value is -1.88. The Morgan fingerprint density at radius 2 is 1.64 bits per heavy atom. The first-order valence-corrected chi connectivity index (χ1v) is 10.4. The van der Waals surface area contributed by atoms with Gasteiger partial charge < -0.3 is 14.9 Å². The number of hydrogen-bond donors (Lipinski definition) is 2. The number of phenolic OH excluding ortho intramolecular Hbond substituents is 1. The van der Waals surface area contributed by atoms with Gasteiger partial charge in [-0.3, -0.25) is 4.90 Å². The molecule has 4 nitrogen and oxygen atoms in total. The summed E-state index contributed by atoms with van der Waals surface area (Å²) in [5, 5.41) is 21.9. The number of rotatable bonds is 8. The first kappa shape index (κ1) is 20.8. The molecule has 2 aromatic carbocycles. The van der Waals surface area contributed by atoms with Crippen LogP contribution in [-0.4, -0.2) is 48.0 Å². The molecule has 1 aliphatic heterocycles. The first-order chi connectivity index (χ1) is 13.5. The number of aliphatic hydroxyl groups is 1. The van der Waals surface area contributed by atoms with Gasteiger partial charge in [0.15, 0.2) is 0 Å². The van der Waals surface area contributed by atoms with E-state index >= 15 is 0 Å². The molecule has 0 bridgehead atoms. The summed E-state index contributed by atoms with van der Waals surface area (Å²) in [6, 6.07) is 17.4. The van der Waals surface area contributed by atoms with Crippen LogP contribution in [0, 0.1) is 5.92 Å². The average molecular weight is 384 g/mol. The minimum Gasteiger partial charge on any atom is -0.508 e. The molecule has 0 saturated carbocycles. The molecular formula is C24H33NO3. The second kappa shape index (κ2) is 9.55. The highest BCUT2D eigenvalue weighted by atomic mass is 16.5. The van der Waals surface area contributed by atoms with Crippen LogP contribution in [0.15, 0.2) is 54.6 Å². The Labute approximate surface area is 168 Å². The quantitative estimate of drug-likeness (QED) is 0.720. The minimum absolute atomic E-state index is 0.0601. The molecule has 1 fully saturated rings. The highest BCUT2D eigenvalue weighted by Gasteiger charge is 2.40. The number of morpholine rings is 1. The summed E-state index contributed by atoms with van der Waals surface area (Å²) in [7, 11) is 0. The monoisotopic (exact) mass is 383 g/mol. The second-order valence-electron chi connectivity index (χ2n) is 8.28. The Bertz CT molecular complexity index is 710. The van der Waals surface area contributed by atoms with Crippen molar-refractivity contribution in [1.29, 1.82) is 0 Å². The molecule has 28 heavy (non-hydrogen) atoms. The lowest BCUT2D eigenvalue weighted by molar-refractivity contribution is -0.0311. The third-order valence-electron chi connectivity index (χ3n) is 5.79. The van der Waals surface area contributed by atoms with E-state index in [1.54, 1.807) is 12.1 Å². The fraction of sp³-hybridized carbons (Fsp3) is 0.500. The van der Waals surface area contributed by atoms with E-state index in [1.165, 1.54) is 0 Å². The van der Waals surface area contributed by atoms with Gasteiger partial charge in [-0.1, -0.05) is 56.3 Å². The van der Waals surface area contributed by atoms with Crippen molar-refractivity contribution in [2.45, 2.75) is 38.2 Å². The standard InChI is InChI=1S/C24H33NO3/c1-19(2)12-13-24(27,21-8-10-22(26)11-9-21)23(20-6-4-3-5-7-20)18-25-14-16-28-17-15-25/h3-11,19,23,26-27H,12-18H2,1-2H3/t23-,24-/m0/s1. The van der Waals surface area contributed by atoms with Crippen LogP contribution >= 0.6 is 0 Å². The number of nitrogens with zero attached hydrogens (tertiary/aromatic N) is 1. The summed E-state index contributed by atoms with van der Waals surface area (Å²) in [4.78, 5) is 2.39. The maximum atomic E-state index is 12.1. The molecule has 0 radical (unpaired) electrons. The van der Waals surface area contributed by atoms with Gasteiger partial charge in [-0.05, 0) is 42.0 Å². The molecule has 3 rings (SSSR count). The van der Waals surface area contributed by atoms with Gasteiger partial charge in [-0.25, -0.2) is 0 Å². The average Bonchev–Trinajstić information content (AvgIpc) is 2.72. The molecular weight excluding hydrogens is 350 g/mol. The summed E-state index contributed by atoms with van der Waals surface area (Å²) >= 11 is 0. The van der Waals surface area contributed by atoms with Crippen molar-refractivity contribution >= 4 is 0 Å². The summed E-state index contributed by atoms with van der Waals surface area (Å²) in [6.45, 7) is 8.42. The van der Waals surface area contributed by atoms with Gasteiger partial charge in [0.2, 0.25) is 0 Å². The lowest BCUT2D eigenvalue weighted by Crippen LogP contribution is -2.45. The lowest BCUT2D eigenvalue weighted by atomic mass is 9.73. The zero-order valence-corrected chi connectivity index (χ0v) is 17.1. The molecule has 4 heteroatoms. The molecule has 152 valence electrons. The van der Waals surface area contributed by atoms with E-state index in [0.29, 0.717) is 12.3 Å². The molecule has 0 spiro atoms. The largest absolute Gasteiger partial charge is 0.508 e. The van der Waals surface area contributed by atoms with Crippen LogP contribution < -0.4 is 0 Å². The number of ether oxygens (including phenoxy) is 1. The third-order valence-corrected chi connectivity index (χ3v) is 5.79. The molecule has 0 amide bonds. The Morgan fingerprint density at radius 3 is 2.25 bits per heavy atom. The Morgan fingerprint density at radius 1 is 1.00 bits per heavy atom. The van der Waals surface area contributed by atoms with Crippen LogP contribution in [0.5, 0.6) is 5.75 Å². The van der Waals surface area contributed by atoms with E-state index in [0.717, 1.165) is 50.4 Å². The van der Waals surface area contributed by atoms with E-state index < -0.39 is 5.60 Å². The number of hydrogen-bond acceptors (Lipinski definition) is 4. The molecule has 1 saturated heterocycles. The van der Waals surface area contributed by atoms with Gasteiger partial charge in [-0.15, -0.1) is 0 Å². The fourth-order valence-electron chi connectivity index (χ4n) is 4.04. The normalized spacial score (nSPS) is 18.7. The van der Waals surface area contributed by atoms with Gasteiger partial charge in [-0.2, -0.15) is 0 Å². The van der Waals surface area contributed by atoms with Gasteiger partial charge in [0.25, 0.3) is 0 Å². The third kappa shape index (κ3) is 5.13. The fourth-order valence-corrected chi connectivity index (χ4v) is 4.04. The Kier molecular flexibility index (Phi) is 7.11. The van der Waals surface area contributed by atoms with E-state index in [4.69, 9.17) is 4.74 Å². The summed E-state index contributed by atoms with van der Waals surface area (Å²) in [5.41, 5.74) is 1.01. The van der Waals surface area contributed by atoms with Crippen LogP contribution in [0.1, 0.15) is 43.7 Å². The van der Waals surface area contributed by atoms with Crippen molar-refractivity contribution in [3.05, 3.63) is 65.7 Å². The number of aromatic hydroxyl groups is 1. The maximum Gasteiger partial charge on any atom is 0.115 e.